The number of halogens is 1. The van der Waals surface area contributed by atoms with Gasteiger partial charge < -0.3 is 11.5 Å². The normalized spacial score (nSPS) is 12.6. The second-order valence-electron chi connectivity index (χ2n) is 4.97. The molecule has 0 saturated carbocycles. The molecule has 11 heteroatoms. The van der Waals surface area contributed by atoms with Crippen LogP contribution in [-0.4, -0.2) is 23.7 Å². The molecule has 134 valence electrons. The Bertz CT molecular complexity index is 898. The first-order chi connectivity index (χ1) is 11.8. The number of nitrogens with two attached hydrogens (primary N) is 2. The lowest BCUT2D eigenvalue weighted by molar-refractivity contribution is -0.117. The minimum atomic E-state index is -3.93. The molecule has 1 atom stereocenters. The number of benzene rings is 1. The van der Waals surface area contributed by atoms with Crippen molar-refractivity contribution in [1.82, 2.24) is 9.36 Å². The summed E-state index contributed by atoms with van der Waals surface area (Å²) in [5.41, 5.74) is 11.7. The molecule has 0 saturated heterocycles. The first-order valence-electron chi connectivity index (χ1n) is 7.01. The van der Waals surface area contributed by atoms with Gasteiger partial charge in [0.25, 0.3) is 0 Å². The summed E-state index contributed by atoms with van der Waals surface area (Å²) in [5, 5.41) is -0.686. The molecule has 0 bridgehead atoms. The number of carbonyl (C=O) groups is 1. The Balaban J connectivity index is 2.33. The summed E-state index contributed by atoms with van der Waals surface area (Å²) in [6, 6.07) is 4.89. The summed E-state index contributed by atoms with van der Waals surface area (Å²) in [6.45, 7) is 3.68. The average Bonchev–Trinajstić information content (AvgIpc) is 2.93. The molecule has 5 N–H and O–H groups in total. The fraction of sp³-hybridized carbons (Fsp3) is 0.214. The minimum absolute atomic E-state index is 0.0272. The number of rotatable bonds is 8. The molecule has 8 nitrogen and oxygen atoms in total. The van der Waals surface area contributed by atoms with E-state index in [-0.39, 0.29) is 23.9 Å². The van der Waals surface area contributed by atoms with E-state index in [1.54, 1.807) is 18.2 Å². The molecule has 25 heavy (non-hydrogen) atoms. The van der Waals surface area contributed by atoms with Gasteiger partial charge in [-0.25, -0.2) is 13.4 Å². The minimum Gasteiger partial charge on any atom is -0.369 e. The molecule has 2 aromatic rings. The number of anilines is 1. The van der Waals surface area contributed by atoms with Crippen LogP contribution in [0.2, 0.25) is 5.02 Å². The van der Waals surface area contributed by atoms with Crippen LogP contribution in [0.15, 0.2) is 30.9 Å². The van der Waals surface area contributed by atoms with Crippen LogP contribution in [-0.2, 0) is 27.8 Å². The highest BCUT2D eigenvalue weighted by Crippen LogP contribution is 2.31. The molecule has 1 amide bonds. The van der Waals surface area contributed by atoms with Crippen molar-refractivity contribution in [1.29, 1.82) is 0 Å². The number of amides is 1. The highest BCUT2D eigenvalue weighted by Gasteiger charge is 2.28. The number of hydrogen-bond acceptors (Lipinski definition) is 7. The Morgan fingerprint density at radius 1 is 1.48 bits per heavy atom. The van der Waals surface area contributed by atoms with Crippen LogP contribution < -0.4 is 16.2 Å². The molecule has 0 radical (unpaired) electrons. The predicted octanol–water partition coefficient (Wildman–Crippen LogP) is 1.35. The Labute approximate surface area is 154 Å². The zero-order valence-corrected chi connectivity index (χ0v) is 15.4. The maximum absolute atomic E-state index is 12.7. The van der Waals surface area contributed by atoms with Gasteiger partial charge in [-0.2, -0.15) is 4.37 Å². The molecule has 0 aliphatic heterocycles. The molecule has 0 spiro atoms. The van der Waals surface area contributed by atoms with Crippen LogP contribution in [0.1, 0.15) is 22.2 Å². The van der Waals surface area contributed by atoms with Gasteiger partial charge in [-0.15, -0.1) is 6.58 Å². The maximum atomic E-state index is 12.7. The van der Waals surface area contributed by atoms with Gasteiger partial charge in [0.2, 0.25) is 21.1 Å². The lowest BCUT2D eigenvalue weighted by atomic mass is 10.0. The number of hydrogen-bond donors (Lipinski definition) is 3. The molecule has 1 unspecified atom stereocenters. The zero-order valence-electron chi connectivity index (χ0n) is 13.0. The Morgan fingerprint density at radius 3 is 2.80 bits per heavy atom. The van der Waals surface area contributed by atoms with Gasteiger partial charge in [-0.1, -0.05) is 29.8 Å². The second-order valence-corrected chi connectivity index (χ2v) is 7.94. The molecular weight excluding hydrogens is 386 g/mol. The molecular formula is C14H16ClN5O3S2. The second kappa shape index (κ2) is 7.91. The highest BCUT2D eigenvalue weighted by molar-refractivity contribution is 7.93. The summed E-state index contributed by atoms with van der Waals surface area (Å²) in [5.74, 6) is -0.460. The van der Waals surface area contributed by atoms with Crippen molar-refractivity contribution >= 4 is 44.2 Å². The Hall–Kier alpha value is -2.01. The van der Waals surface area contributed by atoms with E-state index in [4.69, 9.17) is 23.1 Å². The van der Waals surface area contributed by atoms with Crippen LogP contribution in [0.4, 0.5) is 5.13 Å². The van der Waals surface area contributed by atoms with Crippen molar-refractivity contribution in [2.75, 3.05) is 4.72 Å². The smallest absolute Gasteiger partial charge is 0.245 e. The van der Waals surface area contributed by atoms with Crippen molar-refractivity contribution in [3.8, 4) is 0 Å². The van der Waals surface area contributed by atoms with E-state index in [1.165, 1.54) is 6.08 Å². The summed E-state index contributed by atoms with van der Waals surface area (Å²) in [7, 11) is -3.93. The third-order valence-corrected chi connectivity index (χ3v) is 5.99. The van der Waals surface area contributed by atoms with E-state index in [1.807, 2.05) is 0 Å². The molecule has 0 aliphatic rings. The van der Waals surface area contributed by atoms with E-state index >= 15 is 0 Å². The van der Waals surface area contributed by atoms with Gasteiger partial charge in [0, 0.05) is 23.1 Å². The van der Waals surface area contributed by atoms with E-state index in [0.717, 1.165) is 11.5 Å². The van der Waals surface area contributed by atoms with Gasteiger partial charge in [0.05, 0.1) is 6.42 Å². The summed E-state index contributed by atoms with van der Waals surface area (Å²) in [6.07, 6.45) is 1.10. The van der Waals surface area contributed by atoms with Crippen LogP contribution in [0.25, 0.3) is 0 Å². The fourth-order valence-electron chi connectivity index (χ4n) is 2.19. The summed E-state index contributed by atoms with van der Waals surface area (Å²) < 4.78 is 31.7. The summed E-state index contributed by atoms with van der Waals surface area (Å²) >= 11 is 6.91. The fourth-order valence-corrected chi connectivity index (χ4v) is 4.61. The maximum Gasteiger partial charge on any atom is 0.245 e. The van der Waals surface area contributed by atoms with E-state index in [0.29, 0.717) is 16.1 Å². The van der Waals surface area contributed by atoms with Crippen LogP contribution >= 0.6 is 23.1 Å². The molecule has 1 aromatic heterocycles. The van der Waals surface area contributed by atoms with Gasteiger partial charge in [-0.05, 0) is 17.2 Å². The molecule has 1 heterocycles. The number of sulfonamides is 1. The van der Waals surface area contributed by atoms with E-state index < -0.39 is 21.2 Å². The number of nitrogens with one attached hydrogen (secondary N) is 1. The SMILES string of the molecule is C=CC(c1cccc(Cl)c1CN)S(=O)(=O)Nc1nc(CC(N)=O)ns1. The van der Waals surface area contributed by atoms with E-state index in [2.05, 4.69) is 20.7 Å². The standard InChI is InChI=1S/C14H16ClN5O3S2/c1-2-11(8-4-3-5-10(15)9(8)7-16)25(22,23)20-14-18-13(19-24-14)6-12(17)21/h2-5,11H,1,6-7,16H2,(H2,17,21)(H,18,19,20). The van der Waals surface area contributed by atoms with Crippen molar-refractivity contribution < 1.29 is 13.2 Å². The van der Waals surface area contributed by atoms with Gasteiger partial charge in [0.15, 0.2) is 5.82 Å². The van der Waals surface area contributed by atoms with Crippen molar-refractivity contribution in [2.24, 2.45) is 11.5 Å². The van der Waals surface area contributed by atoms with Crippen LogP contribution in [0.3, 0.4) is 0 Å². The van der Waals surface area contributed by atoms with Gasteiger partial charge in [0.1, 0.15) is 5.25 Å². The van der Waals surface area contributed by atoms with Crippen molar-refractivity contribution in [2.45, 2.75) is 18.2 Å². The Kier molecular flexibility index (Phi) is 6.11. The molecule has 2 rings (SSSR count). The van der Waals surface area contributed by atoms with Gasteiger partial charge in [-0.3, -0.25) is 9.52 Å². The third-order valence-electron chi connectivity index (χ3n) is 3.24. The monoisotopic (exact) mass is 401 g/mol. The Morgan fingerprint density at radius 2 is 2.20 bits per heavy atom. The predicted molar refractivity (Wildman–Crippen MR) is 97.6 cm³/mol. The highest BCUT2D eigenvalue weighted by atomic mass is 35.5. The van der Waals surface area contributed by atoms with Gasteiger partial charge >= 0.3 is 0 Å². The first-order valence-corrected chi connectivity index (χ1v) is 9.70. The number of carbonyl (C=O) groups excluding carboxylic acids is 1. The molecule has 0 aliphatic carbocycles. The number of primary amides is 1. The quantitative estimate of drug-likeness (QED) is 0.570. The van der Waals surface area contributed by atoms with Crippen LogP contribution in [0.5, 0.6) is 0 Å². The topological polar surface area (TPSA) is 141 Å². The van der Waals surface area contributed by atoms with Crippen molar-refractivity contribution in [3.05, 3.63) is 52.8 Å². The number of nitrogens with zero attached hydrogens (tertiary/aromatic N) is 2. The zero-order chi connectivity index (χ0) is 18.6. The number of aromatic nitrogens is 2. The third kappa shape index (κ3) is 4.54. The first kappa shape index (κ1) is 19.3. The molecule has 1 aromatic carbocycles. The summed E-state index contributed by atoms with van der Waals surface area (Å²) in [4.78, 5) is 14.8. The average molecular weight is 402 g/mol. The van der Waals surface area contributed by atoms with Crippen molar-refractivity contribution in [3.63, 3.8) is 0 Å². The largest absolute Gasteiger partial charge is 0.369 e. The lowest BCUT2D eigenvalue weighted by Crippen LogP contribution is -2.22. The van der Waals surface area contributed by atoms with E-state index in [9.17, 15) is 13.2 Å². The van der Waals surface area contributed by atoms with Crippen LogP contribution in [0, 0.1) is 0 Å². The lowest BCUT2D eigenvalue weighted by Gasteiger charge is -2.18. The molecule has 0 fully saturated rings.